The van der Waals surface area contributed by atoms with Gasteiger partial charge in [-0.1, -0.05) is 57.1 Å². The van der Waals surface area contributed by atoms with E-state index in [9.17, 15) is 4.79 Å². The molecule has 0 bridgehead atoms. The molecule has 0 spiro atoms. The minimum absolute atomic E-state index is 0.101. The first-order valence-corrected chi connectivity index (χ1v) is 11.9. The number of rotatable bonds is 12. The van der Waals surface area contributed by atoms with Crippen molar-refractivity contribution in [3.63, 3.8) is 0 Å². The van der Waals surface area contributed by atoms with E-state index < -0.39 is 0 Å². The van der Waals surface area contributed by atoms with Crippen LogP contribution in [0.25, 0.3) is 20.2 Å². The van der Waals surface area contributed by atoms with Crippen LogP contribution in [0.15, 0.2) is 47.3 Å². The Morgan fingerprint density at radius 1 is 0.750 bits per heavy atom. The van der Waals surface area contributed by atoms with Gasteiger partial charge in [0.2, 0.25) is 0 Å². The number of unbranched alkanes of at least 4 members (excludes halogenated alkanes) is 8. The lowest BCUT2D eigenvalue weighted by atomic mass is 10.1. The van der Waals surface area contributed by atoms with Crippen LogP contribution < -0.4 is 10.2 Å². The van der Waals surface area contributed by atoms with Gasteiger partial charge in [-0.15, -0.1) is 11.3 Å². The van der Waals surface area contributed by atoms with Crippen LogP contribution in [0.4, 0.5) is 0 Å². The summed E-state index contributed by atoms with van der Waals surface area (Å²) in [5.74, 6) is 1.82. The molecule has 0 radical (unpaired) electrons. The van der Waals surface area contributed by atoms with E-state index in [1.165, 1.54) is 51.4 Å². The van der Waals surface area contributed by atoms with Crippen LogP contribution in [-0.2, 0) is 0 Å². The van der Waals surface area contributed by atoms with Crippen LogP contribution in [0.2, 0.25) is 0 Å². The number of hydrogen-bond donors (Lipinski definition) is 1. The Bertz CT molecular complexity index is 933. The highest BCUT2D eigenvalue weighted by Gasteiger charge is 2.07. The van der Waals surface area contributed by atoms with Crippen molar-refractivity contribution in [3.8, 4) is 5.75 Å². The average Bonchev–Trinajstić information content (AvgIpc) is 2.72. The minimum atomic E-state index is 0.101. The third-order valence-electron chi connectivity index (χ3n) is 5.12. The van der Waals surface area contributed by atoms with Crippen LogP contribution in [0, 0.1) is 0 Å². The fourth-order valence-corrected chi connectivity index (χ4v) is 4.79. The van der Waals surface area contributed by atoms with Gasteiger partial charge in [0.05, 0.1) is 6.61 Å². The predicted molar refractivity (Wildman–Crippen MR) is 127 cm³/mol. The van der Waals surface area contributed by atoms with Gasteiger partial charge >= 0.3 is 0 Å². The number of ether oxygens (including phenoxy) is 1. The predicted octanol–water partition coefficient (Wildman–Crippen LogP) is 7.23. The van der Waals surface area contributed by atoms with Crippen molar-refractivity contribution >= 4 is 44.1 Å². The molecule has 0 aliphatic rings. The lowest BCUT2D eigenvalue weighted by Gasteiger charge is -2.08. The lowest BCUT2D eigenvalue weighted by Crippen LogP contribution is -2.02. The van der Waals surface area contributed by atoms with Crippen molar-refractivity contribution in [1.29, 1.82) is 0 Å². The molecule has 0 atom stereocenters. The van der Waals surface area contributed by atoms with Gasteiger partial charge in [-0.2, -0.15) is 12.6 Å². The van der Waals surface area contributed by atoms with E-state index in [4.69, 9.17) is 4.74 Å². The van der Waals surface area contributed by atoms with E-state index >= 15 is 0 Å². The molecule has 0 N–H and O–H groups in total. The SMILES string of the molecule is O=c1c2ccccc2sc2ccc(OCCCCCCCCCCCS)cc12. The summed E-state index contributed by atoms with van der Waals surface area (Å²) >= 11 is 5.91. The number of hydrogen-bond acceptors (Lipinski definition) is 4. The first kappa shape index (κ1) is 21.2. The zero-order chi connectivity index (χ0) is 19.6. The van der Waals surface area contributed by atoms with E-state index in [0.717, 1.165) is 44.7 Å². The van der Waals surface area contributed by atoms with E-state index in [1.54, 1.807) is 11.3 Å². The molecular weight excluding hydrogens is 384 g/mol. The molecule has 3 aromatic rings. The van der Waals surface area contributed by atoms with Crippen LogP contribution in [0.3, 0.4) is 0 Å². The molecule has 0 saturated heterocycles. The highest BCUT2D eigenvalue weighted by Crippen LogP contribution is 2.27. The maximum atomic E-state index is 12.7. The molecule has 28 heavy (non-hydrogen) atoms. The zero-order valence-electron chi connectivity index (χ0n) is 16.5. The van der Waals surface area contributed by atoms with Crippen molar-refractivity contribution in [2.45, 2.75) is 57.8 Å². The summed E-state index contributed by atoms with van der Waals surface area (Å²) in [7, 11) is 0. The molecule has 0 aliphatic carbocycles. The molecule has 2 aromatic carbocycles. The van der Waals surface area contributed by atoms with Crippen molar-refractivity contribution in [1.82, 2.24) is 0 Å². The number of fused-ring (bicyclic) bond motifs is 2. The Labute approximate surface area is 177 Å². The summed E-state index contributed by atoms with van der Waals surface area (Å²) in [6, 6.07) is 13.7. The second-order valence-corrected chi connectivity index (χ2v) is 8.87. The normalized spacial score (nSPS) is 11.3. The van der Waals surface area contributed by atoms with Crippen LogP contribution in [0.5, 0.6) is 5.75 Å². The smallest absolute Gasteiger partial charge is 0.196 e. The third-order valence-corrected chi connectivity index (χ3v) is 6.59. The Balaban J connectivity index is 1.42. The fraction of sp³-hybridized carbons (Fsp3) is 0.458. The van der Waals surface area contributed by atoms with E-state index in [2.05, 4.69) is 12.6 Å². The van der Waals surface area contributed by atoms with Crippen molar-refractivity contribution in [3.05, 3.63) is 52.7 Å². The van der Waals surface area contributed by atoms with E-state index in [-0.39, 0.29) is 5.43 Å². The van der Waals surface area contributed by atoms with Crippen LogP contribution in [0.1, 0.15) is 57.8 Å². The Hall–Kier alpha value is -1.52. The molecule has 2 nitrogen and oxygen atoms in total. The Kier molecular flexibility index (Phi) is 8.69. The standard InChI is InChI=1S/C24H30O2S2/c25-24-20-12-8-9-13-22(20)28-23-15-14-19(18-21(23)24)26-16-10-6-4-2-1-3-5-7-11-17-27/h8-9,12-15,18,27H,1-7,10-11,16-17H2. The zero-order valence-corrected chi connectivity index (χ0v) is 18.2. The first-order chi connectivity index (χ1) is 13.8. The molecule has 0 saturated carbocycles. The van der Waals surface area contributed by atoms with Gasteiger partial charge in [0.15, 0.2) is 5.43 Å². The summed E-state index contributed by atoms with van der Waals surface area (Å²) in [5, 5.41) is 1.56. The topological polar surface area (TPSA) is 26.3 Å². The van der Waals surface area contributed by atoms with E-state index in [0.29, 0.717) is 0 Å². The highest BCUT2D eigenvalue weighted by atomic mass is 32.1. The number of benzene rings is 2. The highest BCUT2D eigenvalue weighted by molar-refractivity contribution is 7.80. The molecule has 150 valence electrons. The molecule has 0 unspecified atom stereocenters. The van der Waals surface area contributed by atoms with Gasteiger partial charge in [0, 0.05) is 20.2 Å². The van der Waals surface area contributed by atoms with Crippen LogP contribution in [-0.4, -0.2) is 12.4 Å². The summed E-state index contributed by atoms with van der Waals surface area (Å²) in [4.78, 5) is 12.7. The molecule has 1 aromatic heterocycles. The van der Waals surface area contributed by atoms with Gasteiger partial charge in [-0.25, -0.2) is 0 Å². The Morgan fingerprint density at radius 2 is 1.39 bits per heavy atom. The van der Waals surface area contributed by atoms with Crippen molar-refractivity contribution in [2.75, 3.05) is 12.4 Å². The Morgan fingerprint density at radius 3 is 2.14 bits per heavy atom. The van der Waals surface area contributed by atoms with Crippen molar-refractivity contribution < 1.29 is 4.74 Å². The number of thiol groups is 1. The average molecular weight is 415 g/mol. The molecule has 4 heteroatoms. The molecular formula is C24H30O2S2. The minimum Gasteiger partial charge on any atom is -0.494 e. The second kappa shape index (κ2) is 11.5. The van der Waals surface area contributed by atoms with Gasteiger partial charge in [0.1, 0.15) is 5.75 Å². The fourth-order valence-electron chi connectivity index (χ4n) is 3.51. The summed E-state index contributed by atoms with van der Waals surface area (Å²) in [6.07, 6.45) is 11.5. The van der Waals surface area contributed by atoms with Gasteiger partial charge in [-0.3, -0.25) is 4.79 Å². The molecule has 3 rings (SSSR count). The van der Waals surface area contributed by atoms with Gasteiger partial charge < -0.3 is 4.74 Å². The maximum absolute atomic E-state index is 12.7. The van der Waals surface area contributed by atoms with Gasteiger partial charge in [-0.05, 0) is 48.9 Å². The van der Waals surface area contributed by atoms with E-state index in [1.807, 2.05) is 42.5 Å². The van der Waals surface area contributed by atoms with Gasteiger partial charge in [0.25, 0.3) is 0 Å². The quantitative estimate of drug-likeness (QED) is 0.192. The summed E-state index contributed by atoms with van der Waals surface area (Å²) in [5.41, 5.74) is 0.101. The summed E-state index contributed by atoms with van der Waals surface area (Å²) < 4.78 is 7.97. The third kappa shape index (κ3) is 5.99. The molecule has 1 heterocycles. The first-order valence-electron chi connectivity index (χ1n) is 10.5. The molecule has 0 amide bonds. The molecule has 0 aliphatic heterocycles. The van der Waals surface area contributed by atoms with Crippen LogP contribution >= 0.6 is 24.0 Å². The van der Waals surface area contributed by atoms with Crippen molar-refractivity contribution in [2.24, 2.45) is 0 Å². The summed E-state index contributed by atoms with van der Waals surface area (Å²) in [6.45, 7) is 0.721. The largest absolute Gasteiger partial charge is 0.494 e. The second-order valence-electron chi connectivity index (χ2n) is 7.34. The monoisotopic (exact) mass is 414 g/mol. The maximum Gasteiger partial charge on any atom is 0.196 e. The lowest BCUT2D eigenvalue weighted by molar-refractivity contribution is 0.304. The molecule has 0 fully saturated rings.